The molecular weight excluding hydrogens is 424 g/mol. The van der Waals surface area contributed by atoms with E-state index in [0.717, 1.165) is 24.0 Å². The third-order valence-electron chi connectivity index (χ3n) is 5.79. The maximum atomic E-state index is 13.0. The molecule has 2 N–H and O–H groups in total. The number of likely N-dealkylation sites (tertiary alicyclic amines) is 1. The SMILES string of the molecule is NC1CCCN(C(=O)Cn2nc(-c3ccccc3)c3c(Cl)c(-c4ccccc4)nnc32)C1. The standard InChI is InChI=1S/C24H23ClN6O/c25-21-20-22(16-8-3-1-4-9-16)29-31(15-19(32)30-13-7-12-18(26)14-30)24(20)28-27-23(21)17-10-5-2-6-11-17/h1-6,8-11,18H,7,12-15,26H2. The number of hydrogen-bond acceptors (Lipinski definition) is 5. The van der Waals surface area contributed by atoms with E-state index in [1.807, 2.05) is 60.7 Å². The van der Waals surface area contributed by atoms with Crippen LogP contribution in [0.3, 0.4) is 0 Å². The lowest BCUT2D eigenvalue weighted by atomic mass is 10.1. The largest absolute Gasteiger partial charge is 0.340 e. The predicted octanol–water partition coefficient (Wildman–Crippen LogP) is 3.76. The van der Waals surface area contributed by atoms with Gasteiger partial charge < -0.3 is 10.6 Å². The van der Waals surface area contributed by atoms with Crippen LogP contribution in [-0.2, 0) is 11.3 Å². The molecular formula is C24H23ClN6O. The number of benzene rings is 2. The fourth-order valence-corrected chi connectivity index (χ4v) is 4.49. The van der Waals surface area contributed by atoms with Crippen molar-refractivity contribution in [1.82, 2.24) is 24.9 Å². The summed E-state index contributed by atoms with van der Waals surface area (Å²) in [5.41, 5.74) is 9.59. The molecule has 1 atom stereocenters. The number of carbonyl (C=O) groups is 1. The van der Waals surface area contributed by atoms with E-state index in [4.69, 9.17) is 22.4 Å². The maximum absolute atomic E-state index is 13.0. The van der Waals surface area contributed by atoms with Crippen LogP contribution in [0.15, 0.2) is 60.7 Å². The van der Waals surface area contributed by atoms with Gasteiger partial charge in [0.1, 0.15) is 17.9 Å². The normalized spacial score (nSPS) is 16.4. The number of hydrogen-bond donors (Lipinski definition) is 1. The summed E-state index contributed by atoms with van der Waals surface area (Å²) >= 11 is 6.88. The van der Waals surface area contributed by atoms with Gasteiger partial charge in [0.25, 0.3) is 0 Å². The van der Waals surface area contributed by atoms with Gasteiger partial charge in [0, 0.05) is 30.3 Å². The Labute approximate surface area is 190 Å². The summed E-state index contributed by atoms with van der Waals surface area (Å²) < 4.78 is 1.60. The molecule has 3 heterocycles. The monoisotopic (exact) mass is 446 g/mol. The number of piperidine rings is 1. The zero-order valence-corrected chi connectivity index (χ0v) is 18.2. The van der Waals surface area contributed by atoms with Crippen LogP contribution in [0.25, 0.3) is 33.5 Å². The second-order valence-electron chi connectivity index (χ2n) is 8.04. The van der Waals surface area contributed by atoms with Gasteiger partial charge in [-0.15, -0.1) is 10.2 Å². The number of rotatable bonds is 4. The molecule has 0 saturated carbocycles. The van der Waals surface area contributed by atoms with Gasteiger partial charge in [-0.2, -0.15) is 5.10 Å². The molecule has 8 heteroatoms. The summed E-state index contributed by atoms with van der Waals surface area (Å²) in [6.07, 6.45) is 1.85. The molecule has 1 saturated heterocycles. The first kappa shape index (κ1) is 20.6. The van der Waals surface area contributed by atoms with Crippen molar-refractivity contribution < 1.29 is 4.79 Å². The average molecular weight is 447 g/mol. The van der Waals surface area contributed by atoms with Gasteiger partial charge in [-0.05, 0) is 12.8 Å². The number of nitrogens with zero attached hydrogens (tertiary/aromatic N) is 5. The van der Waals surface area contributed by atoms with Crippen molar-refractivity contribution in [2.45, 2.75) is 25.4 Å². The lowest BCUT2D eigenvalue weighted by Gasteiger charge is -2.30. The molecule has 162 valence electrons. The number of nitrogens with two attached hydrogens (primary N) is 1. The fraction of sp³-hybridized carbons (Fsp3) is 0.250. The molecule has 2 aromatic carbocycles. The summed E-state index contributed by atoms with van der Waals surface area (Å²) in [5, 5.41) is 14.8. The zero-order chi connectivity index (χ0) is 22.1. The van der Waals surface area contributed by atoms with E-state index in [-0.39, 0.29) is 18.5 Å². The number of fused-ring (bicyclic) bond motifs is 1. The summed E-state index contributed by atoms with van der Waals surface area (Å²) in [7, 11) is 0. The number of amides is 1. The van der Waals surface area contributed by atoms with Gasteiger partial charge in [-0.3, -0.25) is 4.79 Å². The highest BCUT2D eigenvalue weighted by atomic mass is 35.5. The Morgan fingerprint density at radius 3 is 2.31 bits per heavy atom. The highest BCUT2D eigenvalue weighted by molar-refractivity contribution is 6.38. The van der Waals surface area contributed by atoms with Gasteiger partial charge in [-0.1, -0.05) is 72.3 Å². The van der Waals surface area contributed by atoms with E-state index in [9.17, 15) is 4.79 Å². The molecule has 1 aliphatic rings. The minimum absolute atomic E-state index is 0.0182. The number of aromatic nitrogens is 4. The van der Waals surface area contributed by atoms with Crippen LogP contribution in [0.1, 0.15) is 12.8 Å². The second-order valence-corrected chi connectivity index (χ2v) is 8.42. The van der Waals surface area contributed by atoms with Crippen molar-refractivity contribution in [2.24, 2.45) is 5.73 Å². The Hall–Kier alpha value is -3.29. The first-order valence-corrected chi connectivity index (χ1v) is 11.1. The molecule has 1 aliphatic heterocycles. The van der Waals surface area contributed by atoms with Crippen molar-refractivity contribution in [1.29, 1.82) is 0 Å². The fourth-order valence-electron chi connectivity index (χ4n) is 4.17. The van der Waals surface area contributed by atoms with Crippen LogP contribution in [0.2, 0.25) is 5.02 Å². The quantitative estimate of drug-likeness (QED) is 0.515. The highest BCUT2D eigenvalue weighted by Crippen LogP contribution is 2.37. The maximum Gasteiger partial charge on any atom is 0.244 e. The Morgan fingerprint density at radius 2 is 1.66 bits per heavy atom. The van der Waals surface area contributed by atoms with E-state index in [2.05, 4.69) is 10.2 Å². The van der Waals surface area contributed by atoms with Crippen LogP contribution in [0.5, 0.6) is 0 Å². The Balaban J connectivity index is 1.61. The van der Waals surface area contributed by atoms with Crippen LogP contribution >= 0.6 is 11.6 Å². The minimum atomic E-state index is -0.0331. The molecule has 7 nitrogen and oxygen atoms in total. The van der Waals surface area contributed by atoms with Gasteiger partial charge in [0.05, 0.1) is 10.4 Å². The predicted molar refractivity (Wildman–Crippen MR) is 125 cm³/mol. The van der Waals surface area contributed by atoms with Crippen LogP contribution in [-0.4, -0.2) is 49.9 Å². The molecule has 1 fully saturated rings. The highest BCUT2D eigenvalue weighted by Gasteiger charge is 2.25. The molecule has 0 spiro atoms. The van der Waals surface area contributed by atoms with Gasteiger partial charge >= 0.3 is 0 Å². The van der Waals surface area contributed by atoms with E-state index >= 15 is 0 Å². The van der Waals surface area contributed by atoms with Crippen molar-refractivity contribution in [2.75, 3.05) is 13.1 Å². The van der Waals surface area contributed by atoms with E-state index in [1.54, 1.807) is 9.58 Å². The molecule has 2 aromatic heterocycles. The molecule has 32 heavy (non-hydrogen) atoms. The Kier molecular flexibility index (Phi) is 5.59. The number of carbonyl (C=O) groups excluding carboxylic acids is 1. The molecule has 0 aliphatic carbocycles. The van der Waals surface area contributed by atoms with Gasteiger partial charge in [-0.25, -0.2) is 4.68 Å². The first-order valence-electron chi connectivity index (χ1n) is 10.7. The average Bonchev–Trinajstić information content (AvgIpc) is 3.19. The smallest absolute Gasteiger partial charge is 0.244 e. The molecule has 1 unspecified atom stereocenters. The summed E-state index contributed by atoms with van der Waals surface area (Å²) in [5.74, 6) is -0.0331. The Morgan fingerprint density at radius 1 is 1.00 bits per heavy atom. The lowest BCUT2D eigenvalue weighted by Crippen LogP contribution is -2.46. The topological polar surface area (TPSA) is 89.9 Å². The Bertz CT molecular complexity index is 1260. The van der Waals surface area contributed by atoms with Crippen LogP contribution in [0, 0.1) is 0 Å². The molecule has 0 radical (unpaired) electrons. The second kappa shape index (κ2) is 8.68. The van der Waals surface area contributed by atoms with E-state index in [1.165, 1.54) is 0 Å². The van der Waals surface area contributed by atoms with Crippen molar-refractivity contribution in [3.8, 4) is 22.5 Å². The third-order valence-corrected chi connectivity index (χ3v) is 6.16. The van der Waals surface area contributed by atoms with Crippen molar-refractivity contribution >= 4 is 28.5 Å². The van der Waals surface area contributed by atoms with E-state index < -0.39 is 0 Å². The lowest BCUT2D eigenvalue weighted by molar-refractivity contribution is -0.133. The molecule has 4 aromatic rings. The molecule has 5 rings (SSSR count). The van der Waals surface area contributed by atoms with Crippen molar-refractivity contribution in [3.05, 3.63) is 65.7 Å². The zero-order valence-electron chi connectivity index (χ0n) is 17.5. The third kappa shape index (κ3) is 3.85. The molecule has 0 bridgehead atoms. The van der Waals surface area contributed by atoms with E-state index in [0.29, 0.717) is 40.5 Å². The molecule has 1 amide bonds. The van der Waals surface area contributed by atoms with Crippen LogP contribution < -0.4 is 5.73 Å². The minimum Gasteiger partial charge on any atom is -0.340 e. The summed E-state index contributed by atoms with van der Waals surface area (Å²) in [6, 6.07) is 19.5. The van der Waals surface area contributed by atoms with Gasteiger partial charge in [0.2, 0.25) is 5.91 Å². The van der Waals surface area contributed by atoms with Crippen LogP contribution in [0.4, 0.5) is 0 Å². The van der Waals surface area contributed by atoms with Gasteiger partial charge in [0.15, 0.2) is 5.65 Å². The summed E-state index contributed by atoms with van der Waals surface area (Å²) in [6.45, 7) is 1.34. The van der Waals surface area contributed by atoms with Crippen molar-refractivity contribution in [3.63, 3.8) is 0 Å². The summed E-state index contributed by atoms with van der Waals surface area (Å²) in [4.78, 5) is 14.8. The number of halogens is 1. The first-order chi connectivity index (χ1) is 15.6.